The summed E-state index contributed by atoms with van der Waals surface area (Å²) in [5.41, 5.74) is 6.09. The number of aliphatic imine (C=N–C) groups is 2. The van der Waals surface area contributed by atoms with Crippen molar-refractivity contribution in [2.24, 2.45) is 15.1 Å². The van der Waals surface area contributed by atoms with E-state index in [9.17, 15) is 9.90 Å². The predicted octanol–water partition coefficient (Wildman–Crippen LogP) is 2.25. The molecule has 35 heavy (non-hydrogen) atoms. The number of β-amino-alcohol motifs (C(OH)–C–C–N with tert-alkyl or cyclic N) is 1. The van der Waals surface area contributed by atoms with Crippen LogP contribution in [0.2, 0.25) is 5.02 Å². The third-order valence-electron chi connectivity index (χ3n) is 6.02. The highest BCUT2D eigenvalue weighted by Crippen LogP contribution is 2.28. The number of amidine groups is 1. The Bertz CT molecular complexity index is 1130. The summed E-state index contributed by atoms with van der Waals surface area (Å²) in [6, 6.07) is 15.2. The number of aliphatic hydroxyl groups is 1. The van der Waals surface area contributed by atoms with E-state index in [0.29, 0.717) is 36.1 Å². The van der Waals surface area contributed by atoms with E-state index in [0.717, 1.165) is 43.0 Å². The van der Waals surface area contributed by atoms with Gasteiger partial charge in [-0.15, -0.1) is 0 Å². The predicted molar refractivity (Wildman–Crippen MR) is 138 cm³/mol. The summed E-state index contributed by atoms with van der Waals surface area (Å²) < 4.78 is 0. The molecule has 0 aromatic heterocycles. The second-order valence-corrected chi connectivity index (χ2v) is 8.82. The molecular formula is C25H29ClN6O3. The van der Waals surface area contributed by atoms with Gasteiger partial charge in [0.25, 0.3) is 0 Å². The fraction of sp³-hybridized carbons (Fsp3) is 0.360. The number of fused-ring (bicyclic) bond motifs is 1. The maximum atomic E-state index is 11.8. The zero-order valence-electron chi connectivity index (χ0n) is 19.4. The summed E-state index contributed by atoms with van der Waals surface area (Å²) >= 11 is 6.26. The van der Waals surface area contributed by atoms with E-state index in [4.69, 9.17) is 21.7 Å². The fourth-order valence-electron chi connectivity index (χ4n) is 4.10. The molecule has 9 nitrogen and oxygen atoms in total. The molecule has 1 fully saturated rings. The number of carboxylic acid groups (broad SMARTS) is 1. The van der Waals surface area contributed by atoms with Gasteiger partial charge in [0.05, 0.1) is 24.6 Å². The third kappa shape index (κ3) is 6.73. The summed E-state index contributed by atoms with van der Waals surface area (Å²) in [4.78, 5) is 25.6. The number of hydrogen-bond donors (Lipinski definition) is 3. The summed E-state index contributed by atoms with van der Waals surface area (Å²) in [6.45, 7) is 5.04. The van der Waals surface area contributed by atoms with Crippen molar-refractivity contribution in [3.05, 3.63) is 64.7 Å². The first-order valence-corrected chi connectivity index (χ1v) is 12.0. The summed E-state index contributed by atoms with van der Waals surface area (Å²) in [5.74, 6) is -0.609. The number of hydrazone groups is 1. The van der Waals surface area contributed by atoms with E-state index < -0.39 is 5.97 Å². The van der Waals surface area contributed by atoms with Crippen molar-refractivity contribution < 1.29 is 15.0 Å². The van der Waals surface area contributed by atoms with Crippen LogP contribution in [0, 0.1) is 0 Å². The number of nitrogens with zero attached hydrogens (tertiary/aromatic N) is 5. The highest BCUT2D eigenvalue weighted by molar-refractivity contribution is 6.35. The molecule has 2 aliphatic rings. The first-order chi connectivity index (χ1) is 17.0. The molecule has 0 aliphatic carbocycles. The average molecular weight is 497 g/mol. The van der Waals surface area contributed by atoms with Crippen LogP contribution in [0.3, 0.4) is 0 Å². The van der Waals surface area contributed by atoms with Gasteiger partial charge in [0.15, 0.2) is 0 Å². The second kappa shape index (κ2) is 12.0. The summed E-state index contributed by atoms with van der Waals surface area (Å²) in [5, 5.41) is 23.5. The number of aliphatic carboxylic acids is 1. The lowest BCUT2D eigenvalue weighted by molar-refractivity contribution is -0.129. The van der Waals surface area contributed by atoms with Gasteiger partial charge in [-0.1, -0.05) is 41.9 Å². The molecule has 0 amide bonds. The topological polar surface area (TPSA) is 113 Å². The van der Waals surface area contributed by atoms with Gasteiger partial charge in [0, 0.05) is 61.8 Å². The quantitative estimate of drug-likeness (QED) is 0.381. The molecule has 10 heteroatoms. The molecule has 0 saturated carbocycles. The Balaban J connectivity index is 1.46. The Morgan fingerprint density at radius 2 is 1.77 bits per heavy atom. The van der Waals surface area contributed by atoms with E-state index >= 15 is 0 Å². The Kier molecular flexibility index (Phi) is 8.59. The van der Waals surface area contributed by atoms with E-state index in [1.54, 1.807) is 6.07 Å². The number of halogens is 1. The molecule has 1 saturated heterocycles. The van der Waals surface area contributed by atoms with Crippen LogP contribution < -0.4 is 5.43 Å². The third-order valence-corrected chi connectivity index (χ3v) is 6.25. The first kappa shape index (κ1) is 25.0. The van der Waals surface area contributed by atoms with E-state index in [1.165, 1.54) is 0 Å². The fourth-order valence-corrected chi connectivity index (χ4v) is 4.28. The molecule has 0 atom stereocenters. The molecule has 2 aromatic carbocycles. The lowest BCUT2D eigenvalue weighted by Crippen LogP contribution is -2.47. The van der Waals surface area contributed by atoms with Crippen LogP contribution in [-0.2, 0) is 4.79 Å². The van der Waals surface area contributed by atoms with Gasteiger partial charge in [0.1, 0.15) is 11.5 Å². The molecule has 3 N–H and O–H groups in total. The monoisotopic (exact) mass is 496 g/mol. The van der Waals surface area contributed by atoms with Crippen molar-refractivity contribution in [1.29, 1.82) is 0 Å². The first-order valence-electron chi connectivity index (χ1n) is 11.6. The van der Waals surface area contributed by atoms with Gasteiger partial charge in [0.2, 0.25) is 0 Å². The van der Waals surface area contributed by atoms with E-state index in [-0.39, 0.29) is 18.9 Å². The number of aliphatic hydroxyl groups excluding tert-OH is 1. The standard InChI is InChI=1S/C25H29ClN6O3/c26-19-6-7-21-20(16-19)24(18-4-2-1-3-5-18)27-17-23(28-21)30-29-22(25(34)35)8-9-31-10-12-32(13-11-31)14-15-33/h1-7,16,33H,8-15,17H2,(H,28,30)(H,34,35). The van der Waals surface area contributed by atoms with Gasteiger partial charge in [-0.25, -0.2) is 9.79 Å². The van der Waals surface area contributed by atoms with Crippen molar-refractivity contribution in [2.75, 3.05) is 52.4 Å². The summed E-state index contributed by atoms with van der Waals surface area (Å²) in [6.07, 6.45) is 0.306. The van der Waals surface area contributed by atoms with Crippen molar-refractivity contribution in [3.8, 4) is 0 Å². The Morgan fingerprint density at radius 1 is 1.06 bits per heavy atom. The molecule has 0 bridgehead atoms. The Hall–Kier alpha value is -3.11. The van der Waals surface area contributed by atoms with Crippen LogP contribution in [0.5, 0.6) is 0 Å². The molecule has 4 rings (SSSR count). The lowest BCUT2D eigenvalue weighted by Gasteiger charge is -2.34. The minimum Gasteiger partial charge on any atom is -0.477 e. The lowest BCUT2D eigenvalue weighted by atomic mass is 10.0. The number of hydrogen-bond acceptors (Lipinski definition) is 8. The highest BCUT2D eigenvalue weighted by atomic mass is 35.5. The summed E-state index contributed by atoms with van der Waals surface area (Å²) in [7, 11) is 0. The maximum Gasteiger partial charge on any atom is 0.352 e. The number of piperazine rings is 1. The number of carboxylic acids is 1. The number of rotatable bonds is 8. The molecule has 2 aromatic rings. The van der Waals surface area contributed by atoms with Crippen molar-refractivity contribution >= 4 is 40.5 Å². The van der Waals surface area contributed by atoms with Crippen molar-refractivity contribution in [1.82, 2.24) is 15.2 Å². The van der Waals surface area contributed by atoms with Gasteiger partial charge in [-0.3, -0.25) is 15.3 Å². The van der Waals surface area contributed by atoms with Crippen molar-refractivity contribution in [3.63, 3.8) is 0 Å². The largest absolute Gasteiger partial charge is 0.477 e. The zero-order valence-corrected chi connectivity index (χ0v) is 20.2. The molecular weight excluding hydrogens is 468 g/mol. The van der Waals surface area contributed by atoms with Crippen LogP contribution in [0.15, 0.2) is 63.6 Å². The van der Waals surface area contributed by atoms with Crippen LogP contribution in [0.4, 0.5) is 5.69 Å². The Morgan fingerprint density at radius 3 is 2.46 bits per heavy atom. The molecule has 2 aliphatic heterocycles. The van der Waals surface area contributed by atoms with Crippen LogP contribution in [0.25, 0.3) is 0 Å². The van der Waals surface area contributed by atoms with E-state index in [2.05, 4.69) is 25.3 Å². The molecule has 2 heterocycles. The molecule has 184 valence electrons. The Labute approximate surface area is 209 Å². The van der Waals surface area contributed by atoms with Crippen molar-refractivity contribution in [2.45, 2.75) is 6.42 Å². The molecule has 0 unspecified atom stereocenters. The average Bonchev–Trinajstić information content (AvgIpc) is 3.04. The smallest absolute Gasteiger partial charge is 0.352 e. The zero-order chi connectivity index (χ0) is 24.6. The van der Waals surface area contributed by atoms with Crippen LogP contribution in [-0.4, -0.2) is 95.7 Å². The molecule has 0 radical (unpaired) electrons. The normalized spacial score (nSPS) is 17.3. The SMILES string of the molecule is O=C(O)C(CCN1CCN(CCO)CC1)=NNC1=Nc2ccc(Cl)cc2C(c2ccccc2)=NC1. The van der Waals surface area contributed by atoms with Crippen LogP contribution in [0.1, 0.15) is 17.5 Å². The van der Waals surface area contributed by atoms with Gasteiger partial charge in [-0.2, -0.15) is 5.10 Å². The van der Waals surface area contributed by atoms with Gasteiger partial charge < -0.3 is 15.1 Å². The van der Waals surface area contributed by atoms with Gasteiger partial charge in [-0.05, 0) is 18.2 Å². The minimum absolute atomic E-state index is 0.0401. The second-order valence-electron chi connectivity index (χ2n) is 8.38. The van der Waals surface area contributed by atoms with Gasteiger partial charge >= 0.3 is 5.97 Å². The minimum atomic E-state index is -1.06. The highest BCUT2D eigenvalue weighted by Gasteiger charge is 2.20. The number of nitrogens with one attached hydrogen (secondary N) is 1. The number of benzene rings is 2. The van der Waals surface area contributed by atoms with E-state index in [1.807, 2.05) is 42.5 Å². The van der Waals surface area contributed by atoms with Crippen LogP contribution >= 0.6 is 11.6 Å². The molecule has 0 spiro atoms. The maximum absolute atomic E-state index is 11.8. The number of carbonyl (C=O) groups is 1.